The monoisotopic (exact) mass is 457 g/mol. The fourth-order valence-electron chi connectivity index (χ4n) is 5.47. The number of hydrogen-bond acceptors (Lipinski definition) is 9. The van der Waals surface area contributed by atoms with Crippen LogP contribution in [0.5, 0.6) is 5.75 Å². The van der Waals surface area contributed by atoms with E-state index in [1.54, 1.807) is 13.8 Å². The molecule has 9 nitrogen and oxygen atoms in total. The fourth-order valence-corrected chi connectivity index (χ4v) is 5.47. The summed E-state index contributed by atoms with van der Waals surface area (Å²) in [6, 6.07) is 2.60. The molecule has 9 heteroatoms. The maximum atomic E-state index is 13.5. The lowest BCUT2D eigenvalue weighted by Crippen LogP contribution is -2.50. The third-order valence-electron chi connectivity index (χ3n) is 7.19. The van der Waals surface area contributed by atoms with Crippen molar-refractivity contribution in [3.05, 3.63) is 40.0 Å². The van der Waals surface area contributed by atoms with E-state index in [4.69, 9.17) is 14.2 Å². The molecule has 2 saturated heterocycles. The van der Waals surface area contributed by atoms with E-state index >= 15 is 0 Å². The minimum absolute atomic E-state index is 0.0282. The smallest absolute Gasteiger partial charge is 0.309 e. The number of aromatic hydroxyl groups is 1. The molecule has 7 atom stereocenters. The van der Waals surface area contributed by atoms with Crippen LogP contribution < -0.4 is 0 Å². The molecule has 1 aromatic carbocycles. The molecule has 2 N–H and O–H groups in total. The molecule has 0 aromatic heterocycles. The van der Waals surface area contributed by atoms with Crippen LogP contribution in [0.15, 0.2) is 23.3 Å². The summed E-state index contributed by atoms with van der Waals surface area (Å²) in [6.07, 6.45) is -3.52. The highest BCUT2D eigenvalue weighted by molar-refractivity contribution is 6.28. The van der Waals surface area contributed by atoms with Crippen molar-refractivity contribution in [2.75, 3.05) is 14.1 Å². The Bertz CT molecular complexity index is 1090. The maximum Gasteiger partial charge on any atom is 0.309 e. The van der Waals surface area contributed by atoms with E-state index in [1.807, 2.05) is 19.0 Å². The number of benzene rings is 1. The largest absolute Gasteiger partial charge is 0.508 e. The van der Waals surface area contributed by atoms with Crippen LogP contribution in [0.2, 0.25) is 0 Å². The summed E-state index contributed by atoms with van der Waals surface area (Å²) in [4.78, 5) is 40.7. The number of carbonyl (C=O) groups is 3. The molecule has 1 aliphatic carbocycles. The standard InChI is InChI=1S/C24H27NO8/c1-9-19-20(24-17(31-9)8-18(27)33-24)23(30)12-6-15(26)13(5-11(12)22(19)29)16-7-14(25(3)4)21(28)10(2)32-16/h5-6,9-10,14,16-17,21,24,26,28H,7-8H2,1-4H3/t9-,10-,14-,16+,17-,21-,24+/m1/s1. The Balaban J connectivity index is 1.56. The van der Waals surface area contributed by atoms with E-state index in [-0.39, 0.29) is 46.3 Å². The molecule has 176 valence electrons. The van der Waals surface area contributed by atoms with E-state index in [2.05, 4.69) is 0 Å². The van der Waals surface area contributed by atoms with Gasteiger partial charge >= 0.3 is 5.97 Å². The third kappa shape index (κ3) is 3.33. The first-order chi connectivity index (χ1) is 15.6. The van der Waals surface area contributed by atoms with Crippen LogP contribution in [0.25, 0.3) is 0 Å². The number of esters is 1. The number of nitrogens with zero attached hydrogens (tertiary/aromatic N) is 1. The summed E-state index contributed by atoms with van der Waals surface area (Å²) in [7, 11) is 3.72. The van der Waals surface area contributed by atoms with Crippen molar-refractivity contribution in [1.29, 1.82) is 0 Å². The van der Waals surface area contributed by atoms with Crippen LogP contribution in [0.3, 0.4) is 0 Å². The first kappa shape index (κ1) is 22.2. The van der Waals surface area contributed by atoms with Crippen LogP contribution in [-0.4, -0.2) is 83.3 Å². The number of ketones is 2. The van der Waals surface area contributed by atoms with E-state index < -0.39 is 48.4 Å². The van der Waals surface area contributed by atoms with Gasteiger partial charge in [0.2, 0.25) is 0 Å². The lowest BCUT2D eigenvalue weighted by molar-refractivity contribution is -0.142. The Morgan fingerprint density at radius 2 is 1.67 bits per heavy atom. The van der Waals surface area contributed by atoms with Crippen molar-refractivity contribution in [1.82, 2.24) is 4.90 Å². The van der Waals surface area contributed by atoms with Crippen molar-refractivity contribution in [3.63, 3.8) is 0 Å². The molecule has 0 unspecified atom stereocenters. The van der Waals surface area contributed by atoms with Gasteiger partial charge in [-0.05, 0) is 46.5 Å². The van der Waals surface area contributed by atoms with Crippen LogP contribution in [0, 0.1) is 0 Å². The summed E-state index contributed by atoms with van der Waals surface area (Å²) in [5.74, 6) is -1.47. The van der Waals surface area contributed by atoms with Crippen molar-refractivity contribution in [2.45, 2.75) is 69.4 Å². The Morgan fingerprint density at radius 3 is 2.36 bits per heavy atom. The summed E-state index contributed by atoms with van der Waals surface area (Å²) < 4.78 is 17.1. The second-order valence-corrected chi connectivity index (χ2v) is 9.46. The highest BCUT2D eigenvalue weighted by atomic mass is 16.6. The van der Waals surface area contributed by atoms with Crippen LogP contribution in [-0.2, 0) is 19.0 Å². The van der Waals surface area contributed by atoms with Crippen LogP contribution in [0.1, 0.15) is 59.1 Å². The topological polar surface area (TPSA) is 123 Å². The first-order valence-electron chi connectivity index (χ1n) is 11.1. The van der Waals surface area contributed by atoms with Gasteiger partial charge in [-0.3, -0.25) is 14.4 Å². The van der Waals surface area contributed by atoms with Crippen molar-refractivity contribution >= 4 is 17.5 Å². The number of hydrogen-bond donors (Lipinski definition) is 2. The molecule has 2 fully saturated rings. The van der Waals surface area contributed by atoms with Gasteiger partial charge in [0.1, 0.15) is 11.9 Å². The predicted molar refractivity (Wildman–Crippen MR) is 114 cm³/mol. The fraction of sp³-hybridized carbons (Fsp3) is 0.542. The SMILES string of the molecule is C[C@H]1O[C@@H]2CC(=O)O[C@@H]2C2=C1C(=O)c1cc([C@@H]3C[C@@H](N(C)C)[C@H](O)[C@@H](C)O3)c(O)cc1C2=O. The number of phenolic OH excluding ortho intramolecular Hbond substituents is 1. The normalized spacial score (nSPS) is 35.9. The zero-order valence-corrected chi connectivity index (χ0v) is 18.9. The second kappa shape index (κ2) is 7.73. The van der Waals surface area contributed by atoms with Gasteiger partial charge in [0.15, 0.2) is 17.7 Å². The molecular weight excluding hydrogens is 430 g/mol. The van der Waals surface area contributed by atoms with Gasteiger partial charge < -0.3 is 29.3 Å². The molecular formula is C24H27NO8. The first-order valence-corrected chi connectivity index (χ1v) is 11.1. The molecule has 33 heavy (non-hydrogen) atoms. The summed E-state index contributed by atoms with van der Waals surface area (Å²) >= 11 is 0. The van der Waals surface area contributed by atoms with Gasteiger partial charge in [-0.1, -0.05) is 0 Å². The van der Waals surface area contributed by atoms with E-state index in [1.165, 1.54) is 12.1 Å². The minimum Gasteiger partial charge on any atom is -0.508 e. The number of likely N-dealkylation sites (N-methyl/N-ethyl adjacent to an activating group) is 1. The Kier molecular flexibility index (Phi) is 5.20. The Morgan fingerprint density at radius 1 is 1.00 bits per heavy atom. The maximum absolute atomic E-state index is 13.5. The van der Waals surface area contributed by atoms with Crippen molar-refractivity contribution in [2.24, 2.45) is 0 Å². The van der Waals surface area contributed by atoms with Crippen LogP contribution >= 0.6 is 0 Å². The second-order valence-electron chi connectivity index (χ2n) is 9.46. The van der Waals surface area contributed by atoms with E-state index in [0.717, 1.165) is 0 Å². The number of fused-ring (bicyclic) bond motifs is 3. The molecule has 1 aromatic rings. The number of phenols is 1. The number of aliphatic hydroxyl groups is 1. The summed E-state index contributed by atoms with van der Waals surface area (Å²) in [5.41, 5.74) is 0.962. The lowest BCUT2D eigenvalue weighted by Gasteiger charge is -2.41. The number of Topliss-reactive ketones (excluding diaryl/α,β-unsaturated/α-hetero) is 2. The van der Waals surface area contributed by atoms with Gasteiger partial charge in [-0.15, -0.1) is 0 Å². The zero-order valence-electron chi connectivity index (χ0n) is 18.9. The van der Waals surface area contributed by atoms with Gasteiger partial charge in [0.05, 0.1) is 36.4 Å². The molecule has 4 aliphatic rings. The molecule has 0 radical (unpaired) electrons. The van der Waals surface area contributed by atoms with Crippen molar-refractivity contribution < 1.29 is 38.8 Å². The molecule has 0 spiro atoms. The average molecular weight is 457 g/mol. The molecule has 0 saturated carbocycles. The number of aliphatic hydroxyl groups excluding tert-OH is 1. The lowest BCUT2D eigenvalue weighted by atomic mass is 9.76. The van der Waals surface area contributed by atoms with Crippen LogP contribution in [0.4, 0.5) is 0 Å². The molecule has 0 amide bonds. The van der Waals surface area contributed by atoms with Crippen molar-refractivity contribution in [3.8, 4) is 5.75 Å². The summed E-state index contributed by atoms with van der Waals surface area (Å²) in [5, 5.41) is 21.3. The predicted octanol–water partition coefficient (Wildman–Crippen LogP) is 1.31. The molecule has 3 aliphatic heterocycles. The highest BCUT2D eigenvalue weighted by Gasteiger charge is 2.51. The average Bonchev–Trinajstić information content (AvgIpc) is 3.12. The Labute approximate surface area is 190 Å². The van der Waals surface area contributed by atoms with Gasteiger partial charge in [-0.25, -0.2) is 0 Å². The highest BCUT2D eigenvalue weighted by Crippen LogP contribution is 2.44. The number of carbonyl (C=O) groups excluding carboxylic acids is 3. The minimum atomic E-state index is -0.917. The number of ether oxygens (including phenoxy) is 3. The van der Waals surface area contributed by atoms with Gasteiger partial charge in [0.25, 0.3) is 0 Å². The van der Waals surface area contributed by atoms with Gasteiger partial charge in [-0.2, -0.15) is 0 Å². The Hall–Kier alpha value is -2.59. The van der Waals surface area contributed by atoms with E-state index in [0.29, 0.717) is 12.0 Å². The van der Waals surface area contributed by atoms with Gasteiger partial charge in [0, 0.05) is 28.3 Å². The van der Waals surface area contributed by atoms with E-state index in [9.17, 15) is 24.6 Å². The molecule has 5 rings (SSSR count). The zero-order chi connectivity index (χ0) is 23.8. The number of rotatable bonds is 2. The quantitative estimate of drug-likeness (QED) is 0.633. The third-order valence-corrected chi connectivity index (χ3v) is 7.19. The summed E-state index contributed by atoms with van der Waals surface area (Å²) in [6.45, 7) is 3.44. The molecule has 0 bridgehead atoms. The molecule has 3 heterocycles.